The van der Waals surface area contributed by atoms with E-state index in [2.05, 4.69) is 48.2 Å². The van der Waals surface area contributed by atoms with Crippen molar-refractivity contribution >= 4 is 0 Å². The van der Waals surface area contributed by atoms with Gasteiger partial charge in [-0.3, -0.25) is 4.90 Å². The normalized spacial score (nSPS) is 20.8. The Hall–Kier alpha value is -0.900. The number of hydrogen-bond donors (Lipinski definition) is 1. The zero-order chi connectivity index (χ0) is 13.0. The molecule has 2 rings (SSSR count). The second-order valence-electron chi connectivity index (χ2n) is 5.55. The van der Waals surface area contributed by atoms with E-state index in [0.29, 0.717) is 12.6 Å². The molecule has 1 atom stereocenters. The maximum Gasteiger partial charge on any atom is 0.0237 e. The Morgan fingerprint density at radius 1 is 1.33 bits per heavy atom. The van der Waals surface area contributed by atoms with Crippen LogP contribution >= 0.6 is 0 Å². The van der Waals surface area contributed by atoms with Gasteiger partial charge in [0.05, 0.1) is 0 Å². The Bertz CT molecular complexity index is 376. The molecule has 100 valence electrons. The lowest BCUT2D eigenvalue weighted by Crippen LogP contribution is -2.37. The van der Waals surface area contributed by atoms with Crippen molar-refractivity contribution in [3.63, 3.8) is 0 Å². The zero-order valence-electron chi connectivity index (χ0n) is 11.6. The molecular formula is C15H25N3. The largest absolute Gasteiger partial charge is 0.326 e. The Morgan fingerprint density at radius 3 is 2.83 bits per heavy atom. The first-order valence-corrected chi connectivity index (χ1v) is 6.85. The summed E-state index contributed by atoms with van der Waals surface area (Å²) >= 11 is 0. The summed E-state index contributed by atoms with van der Waals surface area (Å²) in [5.74, 6) is 0. The summed E-state index contributed by atoms with van der Waals surface area (Å²) in [6.07, 6.45) is 2.66. The molecule has 0 bridgehead atoms. The van der Waals surface area contributed by atoms with E-state index >= 15 is 0 Å². The molecule has 0 aromatic heterocycles. The molecule has 18 heavy (non-hydrogen) atoms. The lowest BCUT2D eigenvalue weighted by molar-refractivity contribution is 0.201. The Kier molecular flexibility index (Phi) is 4.75. The Morgan fingerprint density at radius 2 is 2.11 bits per heavy atom. The number of nitrogens with zero attached hydrogens (tertiary/aromatic N) is 2. The van der Waals surface area contributed by atoms with Crippen LogP contribution in [0.5, 0.6) is 0 Å². The molecule has 1 aromatic carbocycles. The maximum absolute atomic E-state index is 5.70. The molecule has 2 N–H and O–H groups in total. The van der Waals surface area contributed by atoms with E-state index < -0.39 is 0 Å². The lowest BCUT2D eigenvalue weighted by atomic mass is 10.1. The molecule has 0 radical (unpaired) electrons. The van der Waals surface area contributed by atoms with Crippen molar-refractivity contribution in [1.29, 1.82) is 0 Å². The molecule has 0 saturated carbocycles. The standard InChI is InChI=1S/C15H25N3/c1-17(2)12-15-7-4-8-18(15)11-14-6-3-5-13(9-14)10-16/h3,5-6,9,15H,4,7-8,10-12,16H2,1-2H3. The highest BCUT2D eigenvalue weighted by Gasteiger charge is 2.24. The van der Waals surface area contributed by atoms with E-state index in [0.717, 1.165) is 13.1 Å². The minimum Gasteiger partial charge on any atom is -0.326 e. The van der Waals surface area contributed by atoms with Gasteiger partial charge >= 0.3 is 0 Å². The fraction of sp³-hybridized carbons (Fsp3) is 0.600. The number of hydrogen-bond acceptors (Lipinski definition) is 3. The Labute approximate surface area is 111 Å². The SMILES string of the molecule is CN(C)CC1CCCN1Cc1cccc(CN)c1. The summed E-state index contributed by atoms with van der Waals surface area (Å²) in [6.45, 7) is 4.09. The van der Waals surface area contributed by atoms with Gasteiger partial charge in [0, 0.05) is 25.7 Å². The van der Waals surface area contributed by atoms with Crippen LogP contribution in [0.3, 0.4) is 0 Å². The van der Waals surface area contributed by atoms with Gasteiger partial charge in [-0.1, -0.05) is 24.3 Å². The zero-order valence-corrected chi connectivity index (χ0v) is 11.6. The summed E-state index contributed by atoms with van der Waals surface area (Å²) in [4.78, 5) is 4.90. The van der Waals surface area contributed by atoms with Crippen LogP contribution < -0.4 is 5.73 Å². The van der Waals surface area contributed by atoms with Crippen LogP contribution in [0.25, 0.3) is 0 Å². The van der Waals surface area contributed by atoms with Crippen molar-refractivity contribution in [1.82, 2.24) is 9.80 Å². The van der Waals surface area contributed by atoms with E-state index in [9.17, 15) is 0 Å². The topological polar surface area (TPSA) is 32.5 Å². The molecule has 1 aromatic rings. The van der Waals surface area contributed by atoms with Gasteiger partial charge in [0.15, 0.2) is 0 Å². The van der Waals surface area contributed by atoms with Gasteiger partial charge in [-0.2, -0.15) is 0 Å². The van der Waals surface area contributed by atoms with Crippen molar-refractivity contribution in [2.45, 2.75) is 32.0 Å². The van der Waals surface area contributed by atoms with Crippen LogP contribution in [0.4, 0.5) is 0 Å². The molecule has 1 unspecified atom stereocenters. The molecule has 1 heterocycles. The molecular weight excluding hydrogens is 222 g/mol. The molecule has 0 aliphatic carbocycles. The molecule has 0 spiro atoms. The highest BCUT2D eigenvalue weighted by atomic mass is 15.2. The molecule has 3 nitrogen and oxygen atoms in total. The van der Waals surface area contributed by atoms with Crippen molar-refractivity contribution < 1.29 is 0 Å². The lowest BCUT2D eigenvalue weighted by Gasteiger charge is -2.27. The van der Waals surface area contributed by atoms with Gasteiger partial charge < -0.3 is 10.6 Å². The van der Waals surface area contributed by atoms with Crippen LogP contribution in [0, 0.1) is 0 Å². The minimum atomic E-state index is 0.634. The molecule has 1 fully saturated rings. The third-order valence-electron chi connectivity index (χ3n) is 3.69. The average Bonchev–Trinajstić information content (AvgIpc) is 2.76. The number of nitrogens with two attached hydrogens (primary N) is 1. The maximum atomic E-state index is 5.70. The summed E-state index contributed by atoms with van der Waals surface area (Å²) < 4.78 is 0. The predicted octanol–water partition coefficient (Wildman–Crippen LogP) is 1.67. The fourth-order valence-electron chi connectivity index (χ4n) is 2.82. The Balaban J connectivity index is 1.98. The molecule has 1 saturated heterocycles. The van der Waals surface area contributed by atoms with Crippen LogP contribution in [0.1, 0.15) is 24.0 Å². The molecule has 0 amide bonds. The smallest absolute Gasteiger partial charge is 0.0237 e. The number of likely N-dealkylation sites (tertiary alicyclic amines) is 1. The van der Waals surface area contributed by atoms with Crippen molar-refractivity contribution in [2.24, 2.45) is 5.73 Å². The first kappa shape index (κ1) is 13.5. The third kappa shape index (κ3) is 3.55. The first-order chi connectivity index (χ1) is 8.69. The van der Waals surface area contributed by atoms with Crippen LogP contribution in [0.15, 0.2) is 24.3 Å². The quantitative estimate of drug-likeness (QED) is 0.859. The fourth-order valence-corrected chi connectivity index (χ4v) is 2.82. The molecule has 1 aliphatic rings. The summed E-state index contributed by atoms with van der Waals surface area (Å²) in [5, 5.41) is 0. The van der Waals surface area contributed by atoms with E-state index in [1.165, 1.54) is 30.5 Å². The minimum absolute atomic E-state index is 0.634. The van der Waals surface area contributed by atoms with Crippen LogP contribution in [-0.4, -0.2) is 43.0 Å². The van der Waals surface area contributed by atoms with Crippen molar-refractivity contribution in [3.05, 3.63) is 35.4 Å². The number of benzene rings is 1. The first-order valence-electron chi connectivity index (χ1n) is 6.85. The molecule has 3 heteroatoms. The van der Waals surface area contributed by atoms with Gasteiger partial charge in [0.2, 0.25) is 0 Å². The van der Waals surface area contributed by atoms with E-state index in [4.69, 9.17) is 5.73 Å². The van der Waals surface area contributed by atoms with Gasteiger partial charge in [0.1, 0.15) is 0 Å². The van der Waals surface area contributed by atoms with Gasteiger partial charge in [-0.05, 0) is 44.6 Å². The summed E-state index contributed by atoms with van der Waals surface area (Å²) in [6, 6.07) is 9.38. The highest BCUT2D eigenvalue weighted by molar-refractivity contribution is 5.23. The second kappa shape index (κ2) is 6.32. The second-order valence-corrected chi connectivity index (χ2v) is 5.55. The highest BCUT2D eigenvalue weighted by Crippen LogP contribution is 2.20. The van der Waals surface area contributed by atoms with Gasteiger partial charge in [0.25, 0.3) is 0 Å². The van der Waals surface area contributed by atoms with Crippen molar-refractivity contribution in [3.8, 4) is 0 Å². The van der Waals surface area contributed by atoms with Crippen LogP contribution in [0.2, 0.25) is 0 Å². The molecule has 1 aliphatic heterocycles. The summed E-state index contributed by atoms with van der Waals surface area (Å²) in [7, 11) is 4.32. The average molecular weight is 247 g/mol. The van der Waals surface area contributed by atoms with E-state index in [1.54, 1.807) is 0 Å². The monoisotopic (exact) mass is 247 g/mol. The summed E-state index contributed by atoms with van der Waals surface area (Å²) in [5.41, 5.74) is 8.32. The van der Waals surface area contributed by atoms with Crippen LogP contribution in [-0.2, 0) is 13.1 Å². The van der Waals surface area contributed by atoms with E-state index in [-0.39, 0.29) is 0 Å². The predicted molar refractivity (Wildman–Crippen MR) is 76.3 cm³/mol. The van der Waals surface area contributed by atoms with Crippen molar-refractivity contribution in [2.75, 3.05) is 27.2 Å². The number of likely N-dealkylation sites (N-methyl/N-ethyl adjacent to an activating group) is 1. The van der Waals surface area contributed by atoms with Gasteiger partial charge in [-0.15, -0.1) is 0 Å². The number of rotatable bonds is 5. The van der Waals surface area contributed by atoms with E-state index in [1.807, 2.05) is 0 Å². The third-order valence-corrected chi connectivity index (χ3v) is 3.69. The van der Waals surface area contributed by atoms with Gasteiger partial charge in [-0.25, -0.2) is 0 Å².